The van der Waals surface area contributed by atoms with Gasteiger partial charge in [0.15, 0.2) is 0 Å². The molecule has 0 aromatic carbocycles. The molecular formula is C9H17NOS. The van der Waals surface area contributed by atoms with Gasteiger partial charge in [-0.3, -0.25) is 0 Å². The van der Waals surface area contributed by atoms with Crippen LogP contribution in [0.2, 0.25) is 0 Å². The number of thioether (sulfide) groups is 1. The lowest BCUT2D eigenvalue weighted by atomic mass is 9.98. The average Bonchev–Trinajstić information content (AvgIpc) is 2.46. The molecule has 1 heterocycles. The fourth-order valence-corrected chi connectivity index (χ4v) is 2.79. The van der Waals surface area contributed by atoms with Crippen LogP contribution >= 0.6 is 11.8 Å². The van der Waals surface area contributed by atoms with Gasteiger partial charge >= 0.3 is 0 Å². The molecule has 0 amide bonds. The molecule has 12 heavy (non-hydrogen) atoms. The number of aliphatic hydroxyl groups is 1. The highest BCUT2D eigenvalue weighted by molar-refractivity contribution is 8.00. The van der Waals surface area contributed by atoms with Gasteiger partial charge in [0, 0.05) is 23.1 Å². The monoisotopic (exact) mass is 187 g/mol. The summed E-state index contributed by atoms with van der Waals surface area (Å²) in [4.78, 5) is 0. The van der Waals surface area contributed by atoms with Crippen LogP contribution in [0.3, 0.4) is 0 Å². The fourth-order valence-electron chi connectivity index (χ4n) is 2.15. The minimum Gasteiger partial charge on any atom is -0.394 e. The van der Waals surface area contributed by atoms with Gasteiger partial charge in [0.2, 0.25) is 0 Å². The number of rotatable bonds is 3. The van der Waals surface area contributed by atoms with Gasteiger partial charge in [0.1, 0.15) is 0 Å². The van der Waals surface area contributed by atoms with Crippen LogP contribution in [0.1, 0.15) is 25.7 Å². The third-order valence-electron chi connectivity index (χ3n) is 3.01. The highest BCUT2D eigenvalue weighted by Crippen LogP contribution is 2.31. The number of nitrogens with one attached hydrogen (secondary N) is 1. The molecule has 0 spiro atoms. The van der Waals surface area contributed by atoms with E-state index in [1.165, 1.54) is 37.2 Å². The zero-order valence-electron chi connectivity index (χ0n) is 7.38. The molecule has 70 valence electrons. The summed E-state index contributed by atoms with van der Waals surface area (Å²) >= 11 is 1.99. The van der Waals surface area contributed by atoms with Crippen LogP contribution in [0.5, 0.6) is 0 Å². The predicted molar refractivity (Wildman–Crippen MR) is 52.5 cm³/mol. The molecule has 2 rings (SSSR count). The Balaban J connectivity index is 1.87. The first-order valence-corrected chi connectivity index (χ1v) is 5.96. The van der Waals surface area contributed by atoms with Gasteiger partial charge in [-0.05, 0) is 12.8 Å². The predicted octanol–water partition coefficient (Wildman–Crippen LogP) is 0.996. The number of hydrogen-bond donors (Lipinski definition) is 2. The maximum atomic E-state index is 9.32. The minimum absolute atomic E-state index is 0.103. The van der Waals surface area contributed by atoms with Crippen LogP contribution in [0, 0.1) is 0 Å². The summed E-state index contributed by atoms with van der Waals surface area (Å²) in [5.74, 6) is 2.48. The van der Waals surface area contributed by atoms with Crippen molar-refractivity contribution in [1.29, 1.82) is 0 Å². The van der Waals surface area contributed by atoms with Crippen molar-refractivity contribution in [3.8, 4) is 0 Å². The van der Waals surface area contributed by atoms with Crippen LogP contribution in [-0.2, 0) is 0 Å². The summed E-state index contributed by atoms with van der Waals surface area (Å²) < 4.78 is 0. The Bertz CT molecular complexity index is 153. The van der Waals surface area contributed by atoms with Gasteiger partial charge in [0.05, 0.1) is 6.61 Å². The van der Waals surface area contributed by atoms with Crippen LogP contribution in [0.15, 0.2) is 0 Å². The van der Waals surface area contributed by atoms with E-state index in [0.717, 1.165) is 0 Å². The van der Waals surface area contributed by atoms with Gasteiger partial charge in [-0.2, -0.15) is 11.8 Å². The molecule has 1 saturated heterocycles. The lowest BCUT2D eigenvalue weighted by Crippen LogP contribution is -2.55. The first-order valence-electron chi connectivity index (χ1n) is 4.81. The SMILES string of the molecule is OCC1(NC2CSC2)CCCC1. The summed E-state index contributed by atoms with van der Waals surface area (Å²) in [7, 11) is 0. The van der Waals surface area contributed by atoms with Crippen LogP contribution in [0.4, 0.5) is 0 Å². The van der Waals surface area contributed by atoms with Crippen molar-refractivity contribution in [2.75, 3.05) is 18.1 Å². The van der Waals surface area contributed by atoms with E-state index in [0.29, 0.717) is 12.6 Å². The molecule has 0 bridgehead atoms. The summed E-state index contributed by atoms with van der Waals surface area (Å²) in [6.45, 7) is 0.328. The highest BCUT2D eigenvalue weighted by Gasteiger charge is 2.36. The second-order valence-electron chi connectivity index (χ2n) is 4.02. The van der Waals surface area contributed by atoms with Crippen molar-refractivity contribution in [3.63, 3.8) is 0 Å². The Morgan fingerprint density at radius 3 is 2.42 bits per heavy atom. The Morgan fingerprint density at radius 2 is 2.00 bits per heavy atom. The van der Waals surface area contributed by atoms with Crippen LogP contribution < -0.4 is 5.32 Å². The molecule has 3 heteroatoms. The Labute approximate surface area is 78.1 Å². The van der Waals surface area contributed by atoms with Gasteiger partial charge in [-0.1, -0.05) is 12.8 Å². The average molecular weight is 187 g/mol. The quantitative estimate of drug-likeness (QED) is 0.691. The van der Waals surface area contributed by atoms with E-state index in [9.17, 15) is 5.11 Å². The van der Waals surface area contributed by atoms with Gasteiger partial charge in [-0.15, -0.1) is 0 Å². The molecule has 1 saturated carbocycles. The van der Waals surface area contributed by atoms with Crippen molar-refractivity contribution in [1.82, 2.24) is 5.32 Å². The van der Waals surface area contributed by atoms with E-state index in [4.69, 9.17) is 0 Å². The van der Waals surface area contributed by atoms with E-state index >= 15 is 0 Å². The molecule has 1 aliphatic carbocycles. The third-order valence-corrected chi connectivity index (χ3v) is 4.29. The molecule has 0 aromatic heterocycles. The van der Waals surface area contributed by atoms with E-state index in [1.54, 1.807) is 0 Å². The van der Waals surface area contributed by atoms with Crippen molar-refractivity contribution in [3.05, 3.63) is 0 Å². The maximum absolute atomic E-state index is 9.32. The minimum atomic E-state index is 0.103. The van der Waals surface area contributed by atoms with E-state index in [2.05, 4.69) is 5.32 Å². The van der Waals surface area contributed by atoms with Crippen LogP contribution in [-0.4, -0.2) is 34.8 Å². The van der Waals surface area contributed by atoms with E-state index in [1.807, 2.05) is 11.8 Å². The van der Waals surface area contributed by atoms with Crippen molar-refractivity contribution in [2.45, 2.75) is 37.3 Å². The smallest absolute Gasteiger partial charge is 0.0613 e. The zero-order chi connectivity index (χ0) is 8.44. The summed E-state index contributed by atoms with van der Waals surface area (Å²) in [6.07, 6.45) is 4.91. The molecule has 2 fully saturated rings. The molecule has 1 aliphatic heterocycles. The van der Waals surface area contributed by atoms with Gasteiger partial charge in [-0.25, -0.2) is 0 Å². The molecule has 2 N–H and O–H groups in total. The first-order chi connectivity index (χ1) is 5.85. The Hall–Kier alpha value is 0.270. The van der Waals surface area contributed by atoms with Crippen LogP contribution in [0.25, 0.3) is 0 Å². The normalized spacial score (nSPS) is 28.8. The van der Waals surface area contributed by atoms with E-state index in [-0.39, 0.29) is 5.54 Å². The van der Waals surface area contributed by atoms with Crippen molar-refractivity contribution >= 4 is 11.8 Å². The lowest BCUT2D eigenvalue weighted by Gasteiger charge is -2.37. The molecule has 0 aromatic rings. The van der Waals surface area contributed by atoms with Gasteiger partial charge < -0.3 is 10.4 Å². The highest BCUT2D eigenvalue weighted by atomic mass is 32.2. The van der Waals surface area contributed by atoms with Gasteiger partial charge in [0.25, 0.3) is 0 Å². The summed E-state index contributed by atoms with van der Waals surface area (Å²) in [6, 6.07) is 0.681. The Kier molecular flexibility index (Phi) is 2.63. The summed E-state index contributed by atoms with van der Waals surface area (Å²) in [5.41, 5.74) is 0.103. The first kappa shape index (κ1) is 8.85. The molecule has 0 unspecified atom stereocenters. The maximum Gasteiger partial charge on any atom is 0.0613 e. The lowest BCUT2D eigenvalue weighted by molar-refractivity contribution is 0.155. The fraction of sp³-hybridized carbons (Fsp3) is 1.00. The second kappa shape index (κ2) is 3.56. The Morgan fingerprint density at radius 1 is 1.33 bits per heavy atom. The zero-order valence-corrected chi connectivity index (χ0v) is 8.20. The van der Waals surface area contributed by atoms with Crippen molar-refractivity contribution < 1.29 is 5.11 Å². The third kappa shape index (κ3) is 1.63. The number of hydrogen-bond acceptors (Lipinski definition) is 3. The van der Waals surface area contributed by atoms with E-state index < -0.39 is 0 Å². The molecule has 0 radical (unpaired) electrons. The van der Waals surface area contributed by atoms with Crippen molar-refractivity contribution in [2.24, 2.45) is 0 Å². The molecule has 2 nitrogen and oxygen atoms in total. The standard InChI is InChI=1S/C9H17NOS/c11-7-9(3-1-2-4-9)10-8-5-12-6-8/h8,10-11H,1-7H2. The molecule has 0 atom stereocenters. The molecular weight excluding hydrogens is 170 g/mol. The molecule has 2 aliphatic rings. The topological polar surface area (TPSA) is 32.3 Å². The number of aliphatic hydroxyl groups excluding tert-OH is 1. The second-order valence-corrected chi connectivity index (χ2v) is 5.10. The largest absolute Gasteiger partial charge is 0.394 e. The summed E-state index contributed by atoms with van der Waals surface area (Å²) in [5, 5.41) is 12.9.